The molecule has 0 saturated carbocycles. The lowest BCUT2D eigenvalue weighted by molar-refractivity contribution is -0.500. The van der Waals surface area contributed by atoms with Gasteiger partial charge in [0.25, 0.3) is 24.1 Å². The fourth-order valence-electron chi connectivity index (χ4n) is 3.34. The number of likely N-dealkylation sites (tertiary alicyclic amines) is 1. The second-order valence-corrected chi connectivity index (χ2v) is 6.52. The average molecular weight is 320 g/mol. The summed E-state index contributed by atoms with van der Waals surface area (Å²) in [4.78, 5) is 45.8. The number of aliphatic imine (C=N–C) groups is 1. The SMILES string of the molecule is CC1CCCN(C(=O)CN2C(=O)C3C(=NC=[N+]3C)N(C)C2=O)C1. The van der Waals surface area contributed by atoms with Gasteiger partial charge in [0.1, 0.15) is 6.54 Å². The summed E-state index contributed by atoms with van der Waals surface area (Å²) < 4.78 is 1.65. The van der Waals surface area contributed by atoms with Crippen LogP contribution in [0.3, 0.4) is 0 Å². The normalized spacial score (nSPS) is 27.9. The Morgan fingerprint density at radius 2 is 2.17 bits per heavy atom. The van der Waals surface area contributed by atoms with E-state index in [1.54, 1.807) is 23.6 Å². The molecule has 2 fully saturated rings. The van der Waals surface area contributed by atoms with Crippen LogP contribution >= 0.6 is 0 Å². The van der Waals surface area contributed by atoms with Crippen LogP contribution in [0.1, 0.15) is 19.8 Å². The van der Waals surface area contributed by atoms with E-state index >= 15 is 0 Å². The zero-order chi connectivity index (χ0) is 16.7. The Hall–Kier alpha value is -2.25. The van der Waals surface area contributed by atoms with Gasteiger partial charge in [0, 0.05) is 20.1 Å². The second-order valence-electron chi connectivity index (χ2n) is 6.52. The minimum absolute atomic E-state index is 0.170. The highest BCUT2D eigenvalue weighted by Gasteiger charge is 2.51. The van der Waals surface area contributed by atoms with Gasteiger partial charge < -0.3 is 4.90 Å². The van der Waals surface area contributed by atoms with Crippen LogP contribution in [-0.4, -0.2) is 89.1 Å². The van der Waals surface area contributed by atoms with Crippen molar-refractivity contribution in [3.05, 3.63) is 0 Å². The number of carbonyl (C=O) groups excluding carboxylic acids is 3. The molecule has 8 heteroatoms. The molecule has 2 atom stereocenters. The van der Waals surface area contributed by atoms with Crippen LogP contribution in [-0.2, 0) is 9.59 Å². The summed E-state index contributed by atoms with van der Waals surface area (Å²) in [6.45, 7) is 3.29. The number of hydrogen-bond acceptors (Lipinski definition) is 4. The van der Waals surface area contributed by atoms with Crippen LogP contribution in [0.5, 0.6) is 0 Å². The largest absolute Gasteiger partial charge is 0.341 e. The number of likely N-dealkylation sites (N-methyl/N-ethyl adjacent to an activating group) is 2. The number of urea groups is 1. The number of rotatable bonds is 2. The summed E-state index contributed by atoms with van der Waals surface area (Å²) in [6, 6.07) is -1.11. The Kier molecular flexibility index (Phi) is 3.91. The van der Waals surface area contributed by atoms with Gasteiger partial charge in [-0.25, -0.2) is 9.37 Å². The van der Waals surface area contributed by atoms with E-state index in [0.717, 1.165) is 17.7 Å². The van der Waals surface area contributed by atoms with E-state index in [2.05, 4.69) is 11.9 Å². The summed E-state index contributed by atoms with van der Waals surface area (Å²) in [5.74, 6) is 0.313. The number of piperidine rings is 1. The van der Waals surface area contributed by atoms with Crippen LogP contribution in [0.4, 0.5) is 4.79 Å². The minimum Gasteiger partial charge on any atom is -0.341 e. The molecule has 8 nitrogen and oxygen atoms in total. The van der Waals surface area contributed by atoms with E-state index in [1.165, 1.54) is 11.2 Å². The van der Waals surface area contributed by atoms with Gasteiger partial charge in [-0.3, -0.25) is 19.4 Å². The third kappa shape index (κ3) is 2.62. The average Bonchev–Trinajstić information content (AvgIpc) is 2.91. The lowest BCUT2D eigenvalue weighted by Crippen LogP contribution is -2.64. The van der Waals surface area contributed by atoms with Crippen molar-refractivity contribution in [3.63, 3.8) is 0 Å². The third-order valence-electron chi connectivity index (χ3n) is 4.69. The molecule has 0 bridgehead atoms. The Labute approximate surface area is 135 Å². The number of amidine groups is 1. The molecule has 3 heterocycles. The Morgan fingerprint density at radius 1 is 1.43 bits per heavy atom. The third-order valence-corrected chi connectivity index (χ3v) is 4.69. The molecule has 4 amide bonds. The van der Waals surface area contributed by atoms with Crippen LogP contribution in [0.2, 0.25) is 0 Å². The van der Waals surface area contributed by atoms with Crippen molar-refractivity contribution in [2.24, 2.45) is 10.9 Å². The molecule has 0 aromatic carbocycles. The van der Waals surface area contributed by atoms with Crippen LogP contribution < -0.4 is 0 Å². The highest BCUT2D eigenvalue weighted by atomic mass is 16.2. The van der Waals surface area contributed by atoms with E-state index < -0.39 is 12.1 Å². The van der Waals surface area contributed by atoms with Gasteiger partial charge >= 0.3 is 6.03 Å². The molecule has 3 rings (SSSR count). The topological polar surface area (TPSA) is 76.3 Å². The van der Waals surface area contributed by atoms with Crippen LogP contribution in [0.15, 0.2) is 4.99 Å². The molecule has 0 spiro atoms. The zero-order valence-corrected chi connectivity index (χ0v) is 13.7. The molecular weight excluding hydrogens is 298 g/mol. The van der Waals surface area contributed by atoms with E-state index in [0.29, 0.717) is 24.8 Å². The van der Waals surface area contributed by atoms with Gasteiger partial charge in [0.2, 0.25) is 5.91 Å². The molecule has 0 N–H and O–H groups in total. The minimum atomic E-state index is -0.620. The molecule has 2 unspecified atom stereocenters. The molecule has 0 aliphatic carbocycles. The summed E-state index contributed by atoms with van der Waals surface area (Å²) in [5, 5.41) is 0. The van der Waals surface area contributed by atoms with Crippen molar-refractivity contribution in [1.82, 2.24) is 14.7 Å². The molecule has 2 saturated heterocycles. The second kappa shape index (κ2) is 5.75. The number of hydrogen-bond donors (Lipinski definition) is 0. The van der Waals surface area contributed by atoms with E-state index in [4.69, 9.17) is 0 Å². The number of fused-ring (bicyclic) bond motifs is 1. The first-order valence-electron chi connectivity index (χ1n) is 7.90. The van der Waals surface area contributed by atoms with Gasteiger partial charge in [-0.05, 0) is 23.8 Å². The van der Waals surface area contributed by atoms with Crippen molar-refractivity contribution in [2.75, 3.05) is 33.7 Å². The Bertz CT molecular complexity index is 627. The number of amides is 4. The van der Waals surface area contributed by atoms with E-state index in [9.17, 15) is 14.4 Å². The van der Waals surface area contributed by atoms with Crippen molar-refractivity contribution in [3.8, 4) is 0 Å². The lowest BCUT2D eigenvalue weighted by atomic mass is 10.0. The van der Waals surface area contributed by atoms with E-state index in [-0.39, 0.29) is 18.4 Å². The van der Waals surface area contributed by atoms with Gasteiger partial charge in [-0.2, -0.15) is 0 Å². The highest BCUT2D eigenvalue weighted by Crippen LogP contribution is 2.19. The fraction of sp³-hybridized carbons (Fsp3) is 0.667. The first-order chi connectivity index (χ1) is 10.9. The fourth-order valence-corrected chi connectivity index (χ4v) is 3.34. The lowest BCUT2D eigenvalue weighted by Gasteiger charge is -2.35. The number of nitrogens with zero attached hydrogens (tertiary/aromatic N) is 5. The predicted molar refractivity (Wildman–Crippen MR) is 83.3 cm³/mol. The maximum Gasteiger partial charge on any atom is 0.334 e. The first-order valence-corrected chi connectivity index (χ1v) is 7.90. The Balaban J connectivity index is 1.75. The summed E-state index contributed by atoms with van der Waals surface area (Å²) in [5.41, 5.74) is 0. The quantitative estimate of drug-likeness (QED) is 0.649. The molecule has 23 heavy (non-hydrogen) atoms. The predicted octanol–water partition coefficient (Wildman–Crippen LogP) is -0.410. The first kappa shape index (κ1) is 15.6. The maximum absolute atomic E-state index is 12.6. The molecule has 124 valence electrons. The molecule has 0 aromatic heterocycles. The van der Waals surface area contributed by atoms with Crippen molar-refractivity contribution in [2.45, 2.75) is 25.8 Å². The van der Waals surface area contributed by atoms with Crippen molar-refractivity contribution in [1.29, 1.82) is 0 Å². The molecule has 0 radical (unpaired) electrons. The molecule has 0 aromatic rings. The van der Waals surface area contributed by atoms with Crippen LogP contribution in [0.25, 0.3) is 0 Å². The molecular formula is C15H22N5O3+. The summed E-state index contributed by atoms with van der Waals surface area (Å²) in [7, 11) is 3.31. The van der Waals surface area contributed by atoms with Gasteiger partial charge in [-0.15, -0.1) is 0 Å². The monoisotopic (exact) mass is 320 g/mol. The van der Waals surface area contributed by atoms with Crippen molar-refractivity contribution < 1.29 is 19.0 Å². The van der Waals surface area contributed by atoms with Crippen LogP contribution in [0, 0.1) is 5.92 Å². The van der Waals surface area contributed by atoms with Crippen molar-refractivity contribution >= 4 is 30.0 Å². The van der Waals surface area contributed by atoms with Gasteiger partial charge in [-0.1, -0.05) is 6.92 Å². The smallest absolute Gasteiger partial charge is 0.334 e. The molecule has 3 aliphatic rings. The standard InChI is InChI=1S/C15H22N5O3/c1-10-5-4-6-19(7-10)11(21)8-20-14(22)12-13(16-9-17(12)2)18(3)15(20)23/h9-10,12H,4-8H2,1-3H3/q+1. The maximum atomic E-state index is 12.6. The Morgan fingerprint density at radius 3 is 2.87 bits per heavy atom. The number of carbonyl (C=O) groups is 3. The summed E-state index contributed by atoms with van der Waals surface area (Å²) >= 11 is 0. The summed E-state index contributed by atoms with van der Waals surface area (Å²) in [6.07, 6.45) is 3.60. The zero-order valence-electron chi connectivity index (χ0n) is 13.7. The van der Waals surface area contributed by atoms with Gasteiger partial charge in [0.15, 0.2) is 0 Å². The van der Waals surface area contributed by atoms with E-state index in [1.807, 2.05) is 0 Å². The molecule has 3 aliphatic heterocycles. The number of imide groups is 1. The van der Waals surface area contributed by atoms with Gasteiger partial charge in [0.05, 0.1) is 7.05 Å². The highest BCUT2D eigenvalue weighted by molar-refractivity contribution is 6.22.